The quantitative estimate of drug-likeness (QED) is 0.0806. The molecule has 9 rings (SSSR count). The fraction of sp³-hybridized carbons (Fsp3) is 0.462. The molecule has 376 valence electrons. The van der Waals surface area contributed by atoms with Crippen LogP contribution in [-0.4, -0.2) is 121 Å². The molecule has 4 fully saturated rings. The number of pyridine rings is 1. The minimum Gasteiger partial charge on any atom is -0.494 e. The number of carbonyl (C=O) groups is 3. The number of benzene rings is 3. The predicted octanol–water partition coefficient (Wildman–Crippen LogP) is 8.48. The van der Waals surface area contributed by atoms with Gasteiger partial charge in [0.15, 0.2) is 0 Å². The van der Waals surface area contributed by atoms with Gasteiger partial charge in [-0.2, -0.15) is 4.98 Å². The largest absolute Gasteiger partial charge is 0.494 e. The van der Waals surface area contributed by atoms with Crippen LogP contribution in [0.15, 0.2) is 59.2 Å². The van der Waals surface area contributed by atoms with Gasteiger partial charge >= 0.3 is 0 Å². The van der Waals surface area contributed by atoms with Crippen LogP contribution in [0.2, 0.25) is 0 Å². The highest BCUT2D eigenvalue weighted by molar-refractivity contribution is 9.10. The SMILES string of the molecule is CCc1cc(Nc2ncc(Br)c(Nc3ccc4nc(C)ccc4c3P(C)(C)=O)n2)c(OC)cc1N1CCC(N2CCN(C(=O)C3CN(c4cc(F)c(C5CCC(=O)NC5=O)c(F)c4)CC3(C)C)CC2)CC1. The van der Waals surface area contributed by atoms with E-state index >= 15 is 8.78 Å². The predicted molar refractivity (Wildman–Crippen MR) is 279 cm³/mol. The molecule has 3 aromatic carbocycles. The van der Waals surface area contributed by atoms with Gasteiger partial charge in [0.1, 0.15) is 30.3 Å². The molecule has 5 aromatic rings. The number of ether oxygens (including phenoxy) is 1. The summed E-state index contributed by atoms with van der Waals surface area (Å²) in [7, 11) is -1.10. The van der Waals surface area contributed by atoms with E-state index in [0.717, 1.165) is 79.0 Å². The minimum absolute atomic E-state index is 0.0204. The second-order valence-electron chi connectivity index (χ2n) is 20.3. The molecule has 2 atom stereocenters. The standard InChI is InChI=1S/C52H62BrF2N10O5P/c1-8-31-23-42(59-51-56-27-37(53)48(61-51)58-41-13-12-40-34(10-9-30(2)57-40)47(41)71(6,7)69)44(70-5)26-43(31)63-17-15-32(16-18-63)62-19-21-64(22-20-62)50(68)36-28-65(29-52(36,3)4)33-24-38(54)46(39(55)25-33)35-11-14-45(66)60-49(35)67/h9-10,12-13,23-27,32,35-36H,8,11,14-22,28-29H2,1-7H3,(H,60,66,67)(H2,56,58,59,61). The van der Waals surface area contributed by atoms with E-state index in [9.17, 15) is 18.9 Å². The Morgan fingerprint density at radius 2 is 1.65 bits per heavy atom. The zero-order valence-electron chi connectivity index (χ0n) is 41.4. The Morgan fingerprint density at radius 1 is 0.930 bits per heavy atom. The van der Waals surface area contributed by atoms with Crippen LogP contribution in [0.4, 0.5) is 43.3 Å². The lowest BCUT2D eigenvalue weighted by Gasteiger charge is -2.44. The number of methoxy groups -OCH3 is 1. The summed E-state index contributed by atoms with van der Waals surface area (Å²) < 4.78 is 51.3. The van der Waals surface area contributed by atoms with E-state index in [4.69, 9.17) is 9.72 Å². The topological polar surface area (TPSA) is 165 Å². The summed E-state index contributed by atoms with van der Waals surface area (Å²) in [5, 5.41) is 10.5. The number of nitrogens with zero attached hydrogens (tertiary/aromatic N) is 7. The van der Waals surface area contributed by atoms with E-state index in [0.29, 0.717) is 70.9 Å². The number of anilines is 6. The summed E-state index contributed by atoms with van der Waals surface area (Å²) in [5.41, 5.74) is 4.94. The number of amides is 3. The molecule has 3 amide bonds. The summed E-state index contributed by atoms with van der Waals surface area (Å²) in [4.78, 5) is 61.1. The Kier molecular flexibility index (Phi) is 14.2. The van der Waals surface area contributed by atoms with Crippen LogP contribution >= 0.6 is 23.1 Å². The summed E-state index contributed by atoms with van der Waals surface area (Å²) in [6.07, 6.45) is 4.50. The fourth-order valence-corrected chi connectivity index (χ4v) is 12.8. The molecule has 0 spiro atoms. The van der Waals surface area contributed by atoms with Crippen molar-refractivity contribution < 1.29 is 32.5 Å². The van der Waals surface area contributed by atoms with Crippen molar-refractivity contribution in [1.29, 1.82) is 0 Å². The van der Waals surface area contributed by atoms with Crippen LogP contribution in [0, 0.1) is 29.9 Å². The highest BCUT2D eigenvalue weighted by atomic mass is 79.9. The van der Waals surface area contributed by atoms with Crippen molar-refractivity contribution in [1.82, 2.24) is 30.1 Å². The molecule has 6 heterocycles. The Hall–Kier alpha value is -5.71. The first-order valence-corrected chi connectivity index (χ1v) is 27.8. The molecule has 0 radical (unpaired) electrons. The van der Waals surface area contributed by atoms with E-state index < -0.39 is 41.9 Å². The van der Waals surface area contributed by atoms with Gasteiger partial charge in [-0.25, -0.2) is 13.8 Å². The van der Waals surface area contributed by atoms with Crippen LogP contribution in [0.5, 0.6) is 5.75 Å². The van der Waals surface area contributed by atoms with Gasteiger partial charge < -0.3 is 34.6 Å². The van der Waals surface area contributed by atoms with Crippen molar-refractivity contribution in [3.05, 3.63) is 87.7 Å². The molecular formula is C52H62BrF2N10O5P. The fourth-order valence-electron chi connectivity index (χ4n) is 11.0. The number of aromatic nitrogens is 3. The average molecular weight is 1060 g/mol. The molecule has 3 N–H and O–H groups in total. The van der Waals surface area contributed by atoms with Gasteiger partial charge in [-0.3, -0.25) is 29.6 Å². The van der Waals surface area contributed by atoms with Crippen molar-refractivity contribution in [3.63, 3.8) is 0 Å². The number of hydrogen-bond acceptors (Lipinski definition) is 13. The highest BCUT2D eigenvalue weighted by Gasteiger charge is 2.46. The van der Waals surface area contributed by atoms with Crippen LogP contribution in [-0.2, 0) is 25.4 Å². The van der Waals surface area contributed by atoms with Crippen molar-refractivity contribution in [3.8, 4) is 5.75 Å². The Balaban J connectivity index is 0.811. The second kappa shape index (κ2) is 20.1. The Labute approximate surface area is 422 Å². The zero-order valence-corrected chi connectivity index (χ0v) is 43.9. The third kappa shape index (κ3) is 10.3. The number of nitrogens with one attached hydrogen (secondary N) is 3. The van der Waals surface area contributed by atoms with Gasteiger partial charge in [-0.1, -0.05) is 26.8 Å². The first-order valence-electron chi connectivity index (χ1n) is 24.4. The lowest BCUT2D eigenvalue weighted by molar-refractivity contribution is -0.140. The molecule has 0 bridgehead atoms. The Morgan fingerprint density at radius 3 is 2.31 bits per heavy atom. The summed E-state index contributed by atoms with van der Waals surface area (Å²) in [5.74, 6) is -2.64. The maximum atomic E-state index is 15.5. The van der Waals surface area contributed by atoms with Gasteiger partial charge in [0.2, 0.25) is 23.7 Å². The molecule has 2 aromatic heterocycles. The number of aryl methyl sites for hydroxylation is 2. The number of rotatable bonds is 12. The van der Waals surface area contributed by atoms with Gasteiger partial charge in [0, 0.05) is 110 Å². The molecular weight excluding hydrogens is 994 g/mol. The molecule has 19 heteroatoms. The lowest BCUT2D eigenvalue weighted by atomic mass is 9.81. The summed E-state index contributed by atoms with van der Waals surface area (Å²) in [6, 6.07) is 14.8. The molecule has 2 unspecified atom stereocenters. The van der Waals surface area contributed by atoms with Gasteiger partial charge in [-0.05, 0) is 109 Å². The number of imide groups is 1. The lowest BCUT2D eigenvalue weighted by Crippen LogP contribution is -2.56. The van der Waals surface area contributed by atoms with Crippen molar-refractivity contribution in [2.45, 2.75) is 71.8 Å². The van der Waals surface area contributed by atoms with Crippen molar-refractivity contribution in [2.24, 2.45) is 11.3 Å². The minimum atomic E-state index is -2.75. The molecule has 4 aliphatic heterocycles. The summed E-state index contributed by atoms with van der Waals surface area (Å²) in [6.45, 7) is 16.9. The molecule has 4 saturated heterocycles. The van der Waals surface area contributed by atoms with Crippen LogP contribution < -0.4 is 35.8 Å². The van der Waals surface area contributed by atoms with E-state index in [2.05, 4.69) is 70.7 Å². The number of piperazine rings is 1. The molecule has 0 aliphatic carbocycles. The van der Waals surface area contributed by atoms with Crippen LogP contribution in [0.1, 0.15) is 69.2 Å². The number of fused-ring (bicyclic) bond motifs is 1. The zero-order chi connectivity index (χ0) is 50.5. The first-order chi connectivity index (χ1) is 33.8. The van der Waals surface area contributed by atoms with Crippen LogP contribution in [0.3, 0.4) is 0 Å². The van der Waals surface area contributed by atoms with Crippen LogP contribution in [0.25, 0.3) is 10.9 Å². The third-order valence-corrected chi connectivity index (χ3v) is 16.9. The van der Waals surface area contributed by atoms with Crippen molar-refractivity contribution in [2.75, 3.05) is 93.2 Å². The van der Waals surface area contributed by atoms with Gasteiger partial charge in [-0.15, -0.1) is 0 Å². The van der Waals surface area contributed by atoms with E-state index in [1.165, 1.54) is 12.1 Å². The van der Waals surface area contributed by atoms with E-state index in [1.807, 2.05) is 54.8 Å². The maximum Gasteiger partial charge on any atom is 0.234 e. The second-order valence-corrected chi connectivity index (χ2v) is 24.3. The monoisotopic (exact) mass is 1050 g/mol. The number of piperidine rings is 2. The number of carbonyl (C=O) groups excluding carboxylic acids is 3. The maximum absolute atomic E-state index is 15.5. The first kappa shape index (κ1) is 50.2. The molecule has 15 nitrogen and oxygen atoms in total. The third-order valence-electron chi connectivity index (χ3n) is 14.8. The van der Waals surface area contributed by atoms with E-state index in [-0.39, 0.29) is 30.2 Å². The van der Waals surface area contributed by atoms with Crippen molar-refractivity contribution >= 4 is 91.5 Å². The smallest absolute Gasteiger partial charge is 0.234 e. The molecule has 0 saturated carbocycles. The molecule has 4 aliphatic rings. The van der Waals surface area contributed by atoms with E-state index in [1.54, 1.807) is 26.6 Å². The number of hydrogen-bond donors (Lipinski definition) is 3. The highest BCUT2D eigenvalue weighted by Crippen LogP contribution is 2.44. The number of halogens is 3. The van der Waals surface area contributed by atoms with Gasteiger partial charge in [0.05, 0.1) is 40.3 Å². The molecule has 71 heavy (non-hydrogen) atoms. The Bertz CT molecular complexity index is 2930. The summed E-state index contributed by atoms with van der Waals surface area (Å²) >= 11 is 3.61. The normalized spacial score (nSPS) is 20.1. The average Bonchev–Trinajstić information content (AvgIpc) is 3.66. The van der Waals surface area contributed by atoms with Gasteiger partial charge in [0.25, 0.3) is 0 Å².